The predicted octanol–water partition coefficient (Wildman–Crippen LogP) is 0.844. The van der Waals surface area contributed by atoms with Crippen molar-refractivity contribution < 1.29 is 19.4 Å². The fourth-order valence-corrected chi connectivity index (χ4v) is 2.60. The highest BCUT2D eigenvalue weighted by molar-refractivity contribution is 5.97. The van der Waals surface area contributed by atoms with Crippen LogP contribution in [0.3, 0.4) is 0 Å². The zero-order valence-corrected chi connectivity index (χ0v) is 12.2. The van der Waals surface area contributed by atoms with E-state index in [1.165, 1.54) is 13.0 Å². The Hall–Kier alpha value is -1.50. The summed E-state index contributed by atoms with van der Waals surface area (Å²) < 4.78 is 13.6. The molecule has 0 saturated carbocycles. The molecule has 0 unspecified atom stereocenters. The molecule has 21 heavy (non-hydrogen) atoms. The second kappa shape index (κ2) is 6.98. The zero-order chi connectivity index (χ0) is 15.4. The topological polar surface area (TPSA) is 64.0 Å². The van der Waals surface area contributed by atoms with E-state index in [1.54, 1.807) is 0 Å². The molecule has 1 aromatic rings. The molecule has 1 heterocycles. The number of β-amino-alcohol motifs (C(OH)–C–C–N with tert-alkyl or cyclic N) is 1. The summed E-state index contributed by atoms with van der Waals surface area (Å²) in [6.45, 7) is 5.76. The first kappa shape index (κ1) is 15.9. The first-order valence-corrected chi connectivity index (χ1v) is 7.09. The van der Waals surface area contributed by atoms with Crippen LogP contribution in [0.5, 0.6) is 5.75 Å². The maximum atomic E-state index is 13.6. The van der Waals surface area contributed by atoms with Crippen molar-refractivity contribution in [2.45, 2.75) is 13.5 Å². The minimum atomic E-state index is -0.507. The maximum absolute atomic E-state index is 13.6. The molecule has 6 heteroatoms. The summed E-state index contributed by atoms with van der Waals surface area (Å²) in [5.41, 5.74) is 0.472. The molecular weight excluding hydrogens is 275 g/mol. The van der Waals surface area contributed by atoms with Gasteiger partial charge in [0, 0.05) is 44.8 Å². The number of nitrogens with zero attached hydrogens (tertiary/aromatic N) is 2. The SMILES string of the molecule is CC(=O)c1cc(F)cc(CN2CCN(CCO)CC2)c1O. The smallest absolute Gasteiger partial charge is 0.163 e. The van der Waals surface area contributed by atoms with Gasteiger partial charge in [0.1, 0.15) is 11.6 Å². The Labute approximate surface area is 123 Å². The summed E-state index contributed by atoms with van der Waals surface area (Å²) in [6.07, 6.45) is 0. The Bertz CT molecular complexity index is 514. The molecule has 1 fully saturated rings. The minimum Gasteiger partial charge on any atom is -0.507 e. The van der Waals surface area contributed by atoms with E-state index in [-0.39, 0.29) is 23.7 Å². The lowest BCUT2D eigenvalue weighted by atomic mass is 10.0. The monoisotopic (exact) mass is 296 g/mol. The highest BCUT2D eigenvalue weighted by Gasteiger charge is 2.20. The fourth-order valence-electron chi connectivity index (χ4n) is 2.60. The fraction of sp³-hybridized carbons (Fsp3) is 0.533. The first-order chi connectivity index (χ1) is 10.0. The first-order valence-electron chi connectivity index (χ1n) is 7.09. The number of piperazine rings is 1. The van der Waals surface area contributed by atoms with Gasteiger partial charge in [-0.15, -0.1) is 0 Å². The highest BCUT2D eigenvalue weighted by Crippen LogP contribution is 2.26. The number of aromatic hydroxyl groups is 1. The molecule has 5 nitrogen and oxygen atoms in total. The molecule has 116 valence electrons. The van der Waals surface area contributed by atoms with Gasteiger partial charge >= 0.3 is 0 Å². The van der Waals surface area contributed by atoms with Crippen molar-refractivity contribution in [2.75, 3.05) is 39.3 Å². The van der Waals surface area contributed by atoms with Gasteiger partial charge in [0.25, 0.3) is 0 Å². The number of hydrogen-bond acceptors (Lipinski definition) is 5. The summed E-state index contributed by atoms with van der Waals surface area (Å²) in [7, 11) is 0. The molecule has 0 aliphatic carbocycles. The Morgan fingerprint density at radius 1 is 1.24 bits per heavy atom. The Morgan fingerprint density at radius 3 is 2.43 bits per heavy atom. The molecule has 1 aromatic carbocycles. The molecule has 0 amide bonds. The molecule has 1 aliphatic rings. The number of hydrogen-bond donors (Lipinski definition) is 2. The summed E-state index contributed by atoms with van der Waals surface area (Å²) in [4.78, 5) is 15.7. The molecule has 0 atom stereocenters. The van der Waals surface area contributed by atoms with Crippen molar-refractivity contribution in [2.24, 2.45) is 0 Å². The molecule has 2 rings (SSSR count). The number of carbonyl (C=O) groups is 1. The number of phenolic OH excluding ortho intramolecular Hbond substituents is 1. The van der Waals surface area contributed by atoms with Crippen LogP contribution in [0.4, 0.5) is 4.39 Å². The van der Waals surface area contributed by atoms with Crippen LogP contribution < -0.4 is 0 Å². The molecule has 1 aliphatic heterocycles. The van der Waals surface area contributed by atoms with E-state index in [4.69, 9.17) is 5.11 Å². The molecule has 0 bridgehead atoms. The molecule has 0 aromatic heterocycles. The second-order valence-electron chi connectivity index (χ2n) is 5.36. The number of halogens is 1. The number of phenols is 1. The van der Waals surface area contributed by atoms with Crippen molar-refractivity contribution in [3.05, 3.63) is 29.1 Å². The zero-order valence-electron chi connectivity index (χ0n) is 12.2. The summed E-state index contributed by atoms with van der Waals surface area (Å²) in [5, 5.41) is 19.0. The molecule has 0 radical (unpaired) electrons. The van der Waals surface area contributed by atoms with Gasteiger partial charge in [-0.25, -0.2) is 4.39 Å². The molecular formula is C15H21FN2O3. The lowest BCUT2D eigenvalue weighted by Gasteiger charge is -2.34. The lowest BCUT2D eigenvalue weighted by molar-refractivity contribution is 0.101. The second-order valence-corrected chi connectivity index (χ2v) is 5.36. The third-order valence-electron chi connectivity index (χ3n) is 3.81. The lowest BCUT2D eigenvalue weighted by Crippen LogP contribution is -2.46. The van der Waals surface area contributed by atoms with Crippen molar-refractivity contribution >= 4 is 5.78 Å². The summed E-state index contributed by atoms with van der Waals surface area (Å²) in [6, 6.07) is 2.35. The quantitative estimate of drug-likeness (QED) is 0.789. The normalized spacial score (nSPS) is 17.1. The van der Waals surface area contributed by atoms with Gasteiger partial charge in [-0.05, 0) is 19.1 Å². The third-order valence-corrected chi connectivity index (χ3v) is 3.81. The molecule has 1 saturated heterocycles. The standard InChI is InChI=1S/C15H21FN2O3/c1-11(20)14-9-13(16)8-12(15(14)21)10-18-4-2-17(3-5-18)6-7-19/h8-9,19,21H,2-7,10H2,1H3. The van der Waals surface area contributed by atoms with E-state index in [1.807, 2.05) is 0 Å². The maximum Gasteiger partial charge on any atom is 0.163 e. The van der Waals surface area contributed by atoms with Crippen molar-refractivity contribution in [3.63, 3.8) is 0 Å². The minimum absolute atomic E-state index is 0.0314. The van der Waals surface area contributed by atoms with E-state index in [2.05, 4.69) is 9.80 Å². The van der Waals surface area contributed by atoms with Gasteiger partial charge in [0.05, 0.1) is 12.2 Å². The summed E-state index contributed by atoms with van der Waals surface area (Å²) in [5.74, 6) is -0.977. The van der Waals surface area contributed by atoms with Crippen LogP contribution in [0.2, 0.25) is 0 Å². The van der Waals surface area contributed by atoms with Gasteiger partial charge in [-0.3, -0.25) is 14.6 Å². The Morgan fingerprint density at radius 2 is 1.86 bits per heavy atom. The van der Waals surface area contributed by atoms with E-state index < -0.39 is 5.82 Å². The average Bonchev–Trinajstić information content (AvgIpc) is 2.44. The van der Waals surface area contributed by atoms with E-state index in [0.717, 1.165) is 32.2 Å². The van der Waals surface area contributed by atoms with Crippen LogP contribution in [0, 0.1) is 5.82 Å². The number of ketones is 1. The van der Waals surface area contributed by atoms with E-state index in [9.17, 15) is 14.3 Å². The number of carbonyl (C=O) groups excluding carboxylic acids is 1. The average molecular weight is 296 g/mol. The molecule has 2 N–H and O–H groups in total. The summed E-state index contributed by atoms with van der Waals surface area (Å²) >= 11 is 0. The number of benzene rings is 1. The van der Waals surface area contributed by atoms with Crippen molar-refractivity contribution in [1.82, 2.24) is 9.80 Å². The van der Waals surface area contributed by atoms with Gasteiger partial charge in [0.2, 0.25) is 0 Å². The van der Waals surface area contributed by atoms with E-state index in [0.29, 0.717) is 18.7 Å². The number of Topliss-reactive ketones (excluding diaryl/α,β-unsaturated/α-hetero) is 1. The van der Waals surface area contributed by atoms with Crippen LogP contribution in [0.1, 0.15) is 22.8 Å². The van der Waals surface area contributed by atoms with Crippen LogP contribution in [0.25, 0.3) is 0 Å². The van der Waals surface area contributed by atoms with Crippen LogP contribution in [-0.2, 0) is 6.54 Å². The van der Waals surface area contributed by atoms with Gasteiger partial charge < -0.3 is 10.2 Å². The number of rotatable bonds is 5. The van der Waals surface area contributed by atoms with E-state index >= 15 is 0 Å². The Kier molecular flexibility index (Phi) is 5.27. The van der Waals surface area contributed by atoms with Gasteiger partial charge in [-0.2, -0.15) is 0 Å². The van der Waals surface area contributed by atoms with Crippen molar-refractivity contribution in [3.8, 4) is 5.75 Å². The molecule has 0 spiro atoms. The Balaban J connectivity index is 2.05. The largest absolute Gasteiger partial charge is 0.507 e. The number of aliphatic hydroxyl groups is 1. The van der Waals surface area contributed by atoms with Gasteiger partial charge in [0.15, 0.2) is 5.78 Å². The van der Waals surface area contributed by atoms with Crippen molar-refractivity contribution in [1.29, 1.82) is 0 Å². The van der Waals surface area contributed by atoms with Crippen LogP contribution in [-0.4, -0.2) is 65.1 Å². The predicted molar refractivity (Wildman–Crippen MR) is 76.9 cm³/mol. The highest BCUT2D eigenvalue weighted by atomic mass is 19.1. The third kappa shape index (κ3) is 4.00. The number of aliphatic hydroxyl groups excluding tert-OH is 1. The van der Waals surface area contributed by atoms with Crippen LogP contribution in [0.15, 0.2) is 12.1 Å². The van der Waals surface area contributed by atoms with Gasteiger partial charge in [-0.1, -0.05) is 0 Å². The van der Waals surface area contributed by atoms with Crippen LogP contribution >= 0.6 is 0 Å².